The van der Waals surface area contributed by atoms with Gasteiger partial charge in [0.1, 0.15) is 12.4 Å². The van der Waals surface area contributed by atoms with Crippen molar-refractivity contribution in [2.75, 3.05) is 6.61 Å². The zero-order chi connectivity index (χ0) is 13.8. The van der Waals surface area contributed by atoms with Gasteiger partial charge in [0.2, 0.25) is 0 Å². The van der Waals surface area contributed by atoms with Gasteiger partial charge in [0, 0.05) is 6.42 Å². The van der Waals surface area contributed by atoms with Gasteiger partial charge in [-0.05, 0) is 39.5 Å². The predicted octanol–water partition coefficient (Wildman–Crippen LogP) is 2.35. The molecule has 0 radical (unpaired) electrons. The van der Waals surface area contributed by atoms with Crippen molar-refractivity contribution < 1.29 is 19.1 Å². The van der Waals surface area contributed by atoms with Gasteiger partial charge in [-0.2, -0.15) is 0 Å². The number of ether oxygens (including phenoxy) is 2. The van der Waals surface area contributed by atoms with Gasteiger partial charge >= 0.3 is 5.97 Å². The van der Waals surface area contributed by atoms with E-state index in [1.165, 1.54) is 0 Å². The van der Waals surface area contributed by atoms with Gasteiger partial charge < -0.3 is 14.3 Å². The minimum Gasteiger partial charge on any atom is -0.465 e. The van der Waals surface area contributed by atoms with Gasteiger partial charge in [-0.1, -0.05) is 6.92 Å². The van der Waals surface area contributed by atoms with E-state index in [0.717, 1.165) is 19.1 Å². The Balaban J connectivity index is 2.33. The maximum absolute atomic E-state index is 11.6. The maximum Gasteiger partial charge on any atom is 0.311 e. The van der Waals surface area contributed by atoms with Crippen molar-refractivity contribution in [3.8, 4) is 0 Å². The van der Waals surface area contributed by atoms with Gasteiger partial charge in [-0.15, -0.1) is 0 Å². The number of hydrogen-bond acceptors (Lipinski definition) is 4. The van der Waals surface area contributed by atoms with Gasteiger partial charge in [0.15, 0.2) is 0 Å². The zero-order valence-electron chi connectivity index (χ0n) is 11.8. The summed E-state index contributed by atoms with van der Waals surface area (Å²) < 4.78 is 10.9. The highest BCUT2D eigenvalue weighted by atomic mass is 16.5. The van der Waals surface area contributed by atoms with Gasteiger partial charge in [-0.3, -0.25) is 4.79 Å². The molecule has 4 nitrogen and oxygen atoms in total. The Labute approximate surface area is 109 Å². The Hall–Kier alpha value is -0.900. The number of rotatable bonds is 4. The molecule has 0 bridgehead atoms. The van der Waals surface area contributed by atoms with E-state index in [4.69, 9.17) is 9.47 Å². The lowest BCUT2D eigenvalue weighted by molar-refractivity contribution is -0.156. The molecule has 1 saturated heterocycles. The van der Waals surface area contributed by atoms with E-state index < -0.39 is 5.41 Å². The second-order valence-electron chi connectivity index (χ2n) is 6.08. The number of hydrogen-bond donors (Lipinski definition) is 0. The second-order valence-corrected chi connectivity index (χ2v) is 6.08. The molecule has 1 rings (SSSR count). The fourth-order valence-electron chi connectivity index (χ4n) is 1.98. The quantitative estimate of drug-likeness (QED) is 0.572. The minimum absolute atomic E-state index is 0.0155. The summed E-state index contributed by atoms with van der Waals surface area (Å²) in [7, 11) is 0. The third-order valence-corrected chi connectivity index (χ3v) is 3.29. The zero-order valence-corrected chi connectivity index (χ0v) is 11.8. The summed E-state index contributed by atoms with van der Waals surface area (Å²) in [5, 5.41) is 0. The van der Waals surface area contributed by atoms with Crippen LogP contribution in [0, 0.1) is 11.3 Å². The third kappa shape index (κ3) is 4.41. The Morgan fingerprint density at radius 1 is 1.39 bits per heavy atom. The molecule has 3 atom stereocenters. The molecule has 0 spiro atoms. The Morgan fingerprint density at radius 3 is 2.61 bits per heavy atom. The SMILES string of the molecule is C[C@H]1CC[C@H](C=O)O[C@@H]1CCOC(=O)C(C)(C)C. The summed E-state index contributed by atoms with van der Waals surface area (Å²) in [6, 6.07) is 0. The fraction of sp³-hybridized carbons (Fsp3) is 0.857. The van der Waals surface area contributed by atoms with Crippen molar-refractivity contribution in [2.45, 2.75) is 59.2 Å². The summed E-state index contributed by atoms with van der Waals surface area (Å²) >= 11 is 0. The first-order chi connectivity index (χ1) is 8.34. The molecule has 0 aromatic rings. The van der Waals surface area contributed by atoms with Crippen molar-refractivity contribution in [3.05, 3.63) is 0 Å². The Bertz CT molecular complexity index is 293. The van der Waals surface area contributed by atoms with Gasteiger partial charge in [0.25, 0.3) is 0 Å². The van der Waals surface area contributed by atoms with Crippen LogP contribution in [0.2, 0.25) is 0 Å². The van der Waals surface area contributed by atoms with Crippen LogP contribution in [0.1, 0.15) is 47.0 Å². The van der Waals surface area contributed by atoms with Crippen LogP contribution in [0.3, 0.4) is 0 Å². The molecule has 1 aliphatic heterocycles. The number of carbonyl (C=O) groups is 2. The van der Waals surface area contributed by atoms with Crippen molar-refractivity contribution in [1.82, 2.24) is 0 Å². The highest BCUT2D eigenvalue weighted by Crippen LogP contribution is 2.26. The molecule has 0 aliphatic carbocycles. The summed E-state index contributed by atoms with van der Waals surface area (Å²) in [5.41, 5.74) is -0.468. The molecular weight excluding hydrogens is 232 g/mol. The number of carbonyl (C=O) groups excluding carboxylic acids is 2. The summed E-state index contributed by atoms with van der Waals surface area (Å²) in [6.45, 7) is 7.96. The first-order valence-electron chi connectivity index (χ1n) is 6.62. The molecule has 0 saturated carbocycles. The number of aldehydes is 1. The van der Waals surface area contributed by atoms with Crippen LogP contribution in [0.15, 0.2) is 0 Å². The smallest absolute Gasteiger partial charge is 0.311 e. The first-order valence-corrected chi connectivity index (χ1v) is 6.62. The lowest BCUT2D eigenvalue weighted by Gasteiger charge is -2.32. The van der Waals surface area contributed by atoms with Crippen LogP contribution >= 0.6 is 0 Å². The molecule has 0 N–H and O–H groups in total. The van der Waals surface area contributed by atoms with Gasteiger partial charge in [-0.25, -0.2) is 0 Å². The van der Waals surface area contributed by atoms with E-state index in [9.17, 15) is 9.59 Å². The molecule has 18 heavy (non-hydrogen) atoms. The molecule has 1 heterocycles. The number of esters is 1. The van der Waals surface area contributed by atoms with Crippen LogP contribution in [0.5, 0.6) is 0 Å². The summed E-state index contributed by atoms with van der Waals surface area (Å²) in [6.07, 6.45) is 3.03. The standard InChI is InChI=1S/C14H24O4/c1-10-5-6-11(9-15)18-12(10)7-8-17-13(16)14(2,3)4/h9-12H,5-8H2,1-4H3/t10-,11+,12+/m0/s1. The van der Waals surface area contributed by atoms with E-state index in [0.29, 0.717) is 18.9 Å². The minimum atomic E-state index is -0.468. The lowest BCUT2D eigenvalue weighted by atomic mass is 9.92. The topological polar surface area (TPSA) is 52.6 Å². The van der Waals surface area contributed by atoms with Crippen molar-refractivity contribution in [3.63, 3.8) is 0 Å². The Kier molecular flexibility index (Phi) is 5.32. The average Bonchev–Trinajstić information content (AvgIpc) is 2.30. The molecule has 104 valence electrons. The average molecular weight is 256 g/mol. The Morgan fingerprint density at radius 2 is 2.06 bits per heavy atom. The van der Waals surface area contributed by atoms with Crippen LogP contribution < -0.4 is 0 Å². The van der Waals surface area contributed by atoms with E-state index >= 15 is 0 Å². The molecular formula is C14H24O4. The van der Waals surface area contributed by atoms with Crippen LogP contribution in [-0.4, -0.2) is 31.1 Å². The van der Waals surface area contributed by atoms with Crippen LogP contribution in [-0.2, 0) is 19.1 Å². The van der Waals surface area contributed by atoms with Crippen molar-refractivity contribution in [2.24, 2.45) is 11.3 Å². The van der Waals surface area contributed by atoms with Crippen LogP contribution in [0.4, 0.5) is 0 Å². The van der Waals surface area contributed by atoms with E-state index in [1.54, 1.807) is 0 Å². The largest absolute Gasteiger partial charge is 0.465 e. The van der Waals surface area contributed by atoms with Crippen molar-refractivity contribution in [1.29, 1.82) is 0 Å². The van der Waals surface area contributed by atoms with E-state index in [1.807, 2.05) is 20.8 Å². The third-order valence-electron chi connectivity index (χ3n) is 3.29. The maximum atomic E-state index is 11.6. The summed E-state index contributed by atoms with van der Waals surface area (Å²) in [4.78, 5) is 22.3. The summed E-state index contributed by atoms with van der Waals surface area (Å²) in [5.74, 6) is 0.215. The second kappa shape index (κ2) is 6.32. The normalized spacial score (nSPS) is 28.8. The molecule has 0 aromatic carbocycles. The lowest BCUT2D eigenvalue weighted by Crippen LogP contribution is -2.36. The molecule has 0 amide bonds. The van der Waals surface area contributed by atoms with Crippen LogP contribution in [0.25, 0.3) is 0 Å². The van der Waals surface area contributed by atoms with E-state index in [-0.39, 0.29) is 18.2 Å². The molecule has 1 aliphatic rings. The molecule has 0 unspecified atom stereocenters. The van der Waals surface area contributed by atoms with E-state index in [2.05, 4.69) is 6.92 Å². The monoisotopic (exact) mass is 256 g/mol. The predicted molar refractivity (Wildman–Crippen MR) is 68.2 cm³/mol. The fourth-order valence-corrected chi connectivity index (χ4v) is 1.98. The molecule has 0 aromatic heterocycles. The first kappa shape index (κ1) is 15.2. The van der Waals surface area contributed by atoms with Gasteiger partial charge in [0.05, 0.1) is 18.1 Å². The highest BCUT2D eigenvalue weighted by Gasteiger charge is 2.29. The van der Waals surface area contributed by atoms with Crippen molar-refractivity contribution >= 4 is 12.3 Å². The molecule has 4 heteroatoms. The highest BCUT2D eigenvalue weighted by molar-refractivity contribution is 5.75. The molecule has 1 fully saturated rings.